The average Bonchev–Trinajstić information content (AvgIpc) is 3.15. The molecule has 2 aliphatic heterocycles. The fourth-order valence-electron chi connectivity index (χ4n) is 3.50. The molecule has 0 radical (unpaired) electrons. The van der Waals surface area contributed by atoms with E-state index in [0.29, 0.717) is 13.1 Å². The molecule has 0 aromatic heterocycles. The Hall–Kier alpha value is -0.360. The summed E-state index contributed by atoms with van der Waals surface area (Å²) >= 11 is 0. The molecule has 0 aliphatic carbocycles. The topological polar surface area (TPSA) is 148 Å². The van der Waals surface area contributed by atoms with Gasteiger partial charge in [0.15, 0.2) is 0 Å². The average molecular weight is 336 g/mol. The molecule has 9 nitrogen and oxygen atoms in total. The van der Waals surface area contributed by atoms with E-state index in [1.807, 2.05) is 0 Å². The second kappa shape index (κ2) is 8.15. The largest absolute Gasteiger partial charge is 0.395 e. The van der Waals surface area contributed by atoms with E-state index in [-0.39, 0.29) is 19.7 Å². The van der Waals surface area contributed by atoms with Crippen LogP contribution in [0.5, 0.6) is 0 Å². The first-order valence-electron chi connectivity index (χ1n) is 8.05. The molecule has 0 saturated carbocycles. The fraction of sp³-hybridized carbons (Fsp3) is 1.00. The SMILES string of the molecule is OCCN1C[C@H](O)[C@H](O)[C@@H]1C(O)[C@@H](O)[C@H](O)[C@@H](O)N1CCCC1. The highest BCUT2D eigenvalue weighted by molar-refractivity contribution is 5.01. The van der Waals surface area contributed by atoms with Crippen molar-refractivity contribution in [2.24, 2.45) is 0 Å². The number of rotatable bonds is 7. The predicted octanol–water partition coefficient (Wildman–Crippen LogP) is -4.12. The number of aliphatic hydroxyl groups excluding tert-OH is 7. The number of hydrogen-bond acceptors (Lipinski definition) is 9. The van der Waals surface area contributed by atoms with Crippen molar-refractivity contribution < 1.29 is 35.7 Å². The molecule has 0 aromatic carbocycles. The van der Waals surface area contributed by atoms with E-state index in [1.54, 1.807) is 4.90 Å². The first-order valence-corrected chi connectivity index (χ1v) is 8.05. The Bertz CT molecular complexity index is 369. The third kappa shape index (κ3) is 4.01. The van der Waals surface area contributed by atoms with Crippen LogP contribution in [0.4, 0.5) is 0 Å². The summed E-state index contributed by atoms with van der Waals surface area (Å²) in [5.74, 6) is 0. The number of nitrogens with zero attached hydrogens (tertiary/aromatic N) is 2. The Morgan fingerprint density at radius 2 is 1.57 bits per heavy atom. The van der Waals surface area contributed by atoms with Gasteiger partial charge in [-0.3, -0.25) is 9.80 Å². The molecule has 9 heteroatoms. The van der Waals surface area contributed by atoms with Crippen molar-refractivity contribution in [3.63, 3.8) is 0 Å². The van der Waals surface area contributed by atoms with Crippen LogP contribution in [0.15, 0.2) is 0 Å². The quantitative estimate of drug-likeness (QED) is 0.246. The van der Waals surface area contributed by atoms with E-state index < -0.39 is 42.8 Å². The molecular weight excluding hydrogens is 308 g/mol. The van der Waals surface area contributed by atoms with Crippen LogP contribution in [0, 0.1) is 0 Å². The lowest BCUT2D eigenvalue weighted by Gasteiger charge is -2.36. The molecule has 2 aliphatic rings. The van der Waals surface area contributed by atoms with Gasteiger partial charge in [0, 0.05) is 26.2 Å². The summed E-state index contributed by atoms with van der Waals surface area (Å²) in [5.41, 5.74) is 0. The van der Waals surface area contributed by atoms with Crippen LogP contribution < -0.4 is 0 Å². The lowest BCUT2D eigenvalue weighted by molar-refractivity contribution is -0.162. The summed E-state index contributed by atoms with van der Waals surface area (Å²) in [6, 6.07) is -1.03. The molecule has 2 rings (SSSR count). The molecule has 7 N–H and O–H groups in total. The number of likely N-dealkylation sites (tertiary alicyclic amines) is 2. The van der Waals surface area contributed by atoms with Gasteiger partial charge in [0.25, 0.3) is 0 Å². The van der Waals surface area contributed by atoms with Crippen LogP contribution in [0.3, 0.4) is 0 Å². The van der Waals surface area contributed by atoms with E-state index in [1.165, 1.54) is 4.90 Å². The van der Waals surface area contributed by atoms with Crippen molar-refractivity contribution in [3.05, 3.63) is 0 Å². The standard InChI is InChI=1S/C14H28N2O7/c17-6-5-16-7-8(18)10(19)9(16)11(20)12(21)13(22)14(23)15-3-1-2-4-15/h8-14,17-23H,1-7H2/t8-,9+,10-,11?,12+,13-,14+/m0/s1. The van der Waals surface area contributed by atoms with E-state index in [9.17, 15) is 30.6 Å². The minimum Gasteiger partial charge on any atom is -0.395 e. The second-order valence-corrected chi connectivity index (χ2v) is 6.40. The molecule has 2 fully saturated rings. The first kappa shape index (κ1) is 19.0. The molecule has 0 aromatic rings. The first-order chi connectivity index (χ1) is 10.9. The zero-order valence-electron chi connectivity index (χ0n) is 13.0. The molecule has 2 saturated heterocycles. The Morgan fingerprint density at radius 1 is 0.957 bits per heavy atom. The summed E-state index contributed by atoms with van der Waals surface area (Å²) in [6.07, 6.45) is -6.85. The van der Waals surface area contributed by atoms with Crippen molar-refractivity contribution in [2.45, 2.75) is 55.6 Å². The highest BCUT2D eigenvalue weighted by Crippen LogP contribution is 2.25. The smallest absolute Gasteiger partial charge is 0.136 e. The molecule has 1 unspecified atom stereocenters. The van der Waals surface area contributed by atoms with Crippen molar-refractivity contribution in [1.29, 1.82) is 0 Å². The number of hydrogen-bond donors (Lipinski definition) is 7. The van der Waals surface area contributed by atoms with Crippen LogP contribution in [0.2, 0.25) is 0 Å². The monoisotopic (exact) mass is 336 g/mol. The van der Waals surface area contributed by atoms with Crippen molar-refractivity contribution >= 4 is 0 Å². The molecule has 7 atom stereocenters. The molecule has 0 bridgehead atoms. The summed E-state index contributed by atoms with van der Waals surface area (Å²) in [5, 5.41) is 69.5. The van der Waals surface area contributed by atoms with Crippen LogP contribution in [0.25, 0.3) is 0 Å². The van der Waals surface area contributed by atoms with Gasteiger partial charge in [-0.25, -0.2) is 0 Å². The zero-order chi connectivity index (χ0) is 17.1. The highest BCUT2D eigenvalue weighted by atomic mass is 16.4. The van der Waals surface area contributed by atoms with Gasteiger partial charge in [0.2, 0.25) is 0 Å². The lowest BCUT2D eigenvalue weighted by Crippen LogP contribution is -2.58. The van der Waals surface area contributed by atoms with E-state index in [2.05, 4.69) is 0 Å². The molecule has 0 amide bonds. The predicted molar refractivity (Wildman–Crippen MR) is 79.3 cm³/mol. The van der Waals surface area contributed by atoms with Crippen LogP contribution >= 0.6 is 0 Å². The Kier molecular flexibility index (Phi) is 6.72. The van der Waals surface area contributed by atoms with Gasteiger partial charge in [0.05, 0.1) is 24.9 Å². The van der Waals surface area contributed by atoms with Crippen LogP contribution in [0.1, 0.15) is 12.8 Å². The van der Waals surface area contributed by atoms with E-state index in [4.69, 9.17) is 5.11 Å². The summed E-state index contributed by atoms with van der Waals surface area (Å²) < 4.78 is 0. The van der Waals surface area contributed by atoms with Gasteiger partial charge in [0.1, 0.15) is 24.5 Å². The maximum Gasteiger partial charge on any atom is 0.136 e. The molecule has 23 heavy (non-hydrogen) atoms. The van der Waals surface area contributed by atoms with Crippen LogP contribution in [-0.4, -0.2) is 121 Å². The lowest BCUT2D eigenvalue weighted by atomic mass is 9.95. The van der Waals surface area contributed by atoms with Gasteiger partial charge in [-0.1, -0.05) is 0 Å². The number of β-amino-alcohol motifs (C(OH)–C–C–N with tert-alkyl or cyclic N) is 2. The summed E-state index contributed by atoms with van der Waals surface area (Å²) in [7, 11) is 0. The van der Waals surface area contributed by atoms with E-state index >= 15 is 0 Å². The van der Waals surface area contributed by atoms with Crippen LogP contribution in [-0.2, 0) is 0 Å². The molecule has 136 valence electrons. The summed E-state index contributed by atoms with van der Waals surface area (Å²) in [6.45, 7) is 1.11. The van der Waals surface area contributed by atoms with Crippen molar-refractivity contribution in [2.75, 3.05) is 32.8 Å². The summed E-state index contributed by atoms with van der Waals surface area (Å²) in [4.78, 5) is 3.07. The number of aliphatic hydroxyl groups is 7. The van der Waals surface area contributed by atoms with Gasteiger partial charge < -0.3 is 35.7 Å². The molecule has 2 heterocycles. The Morgan fingerprint density at radius 3 is 2.13 bits per heavy atom. The highest BCUT2D eigenvalue weighted by Gasteiger charge is 2.48. The van der Waals surface area contributed by atoms with Gasteiger partial charge in [-0.2, -0.15) is 0 Å². The third-order valence-corrected chi connectivity index (χ3v) is 4.84. The maximum absolute atomic E-state index is 10.3. The van der Waals surface area contributed by atoms with E-state index in [0.717, 1.165) is 12.8 Å². The third-order valence-electron chi connectivity index (χ3n) is 4.84. The zero-order valence-corrected chi connectivity index (χ0v) is 13.0. The van der Waals surface area contributed by atoms with Gasteiger partial charge in [-0.15, -0.1) is 0 Å². The maximum atomic E-state index is 10.3. The second-order valence-electron chi connectivity index (χ2n) is 6.40. The minimum atomic E-state index is -1.70. The Balaban J connectivity index is 2.02. The fourth-order valence-corrected chi connectivity index (χ4v) is 3.50. The minimum absolute atomic E-state index is 0.0426. The molecule has 0 spiro atoms. The van der Waals surface area contributed by atoms with Gasteiger partial charge in [-0.05, 0) is 12.8 Å². The van der Waals surface area contributed by atoms with Gasteiger partial charge >= 0.3 is 0 Å². The normalized spacial score (nSPS) is 35.3. The Labute approximate surface area is 135 Å². The van der Waals surface area contributed by atoms with Crippen molar-refractivity contribution in [1.82, 2.24) is 9.80 Å². The van der Waals surface area contributed by atoms with Crippen molar-refractivity contribution in [3.8, 4) is 0 Å². The molecular formula is C14H28N2O7.